The molecule has 1 aliphatic rings. The van der Waals surface area contributed by atoms with Crippen molar-refractivity contribution in [3.63, 3.8) is 0 Å². The summed E-state index contributed by atoms with van der Waals surface area (Å²) in [7, 11) is 1.66. The van der Waals surface area contributed by atoms with Crippen LogP contribution < -0.4 is 9.47 Å². The summed E-state index contributed by atoms with van der Waals surface area (Å²) < 4.78 is 25.5. The van der Waals surface area contributed by atoms with E-state index in [1.807, 2.05) is 60.7 Å². The Morgan fingerprint density at radius 2 is 1.56 bits per heavy atom. The maximum Gasteiger partial charge on any atom is 0.127 e. The molecule has 4 aromatic rings. The van der Waals surface area contributed by atoms with Crippen molar-refractivity contribution in [2.45, 2.75) is 6.92 Å². The first kappa shape index (κ1) is 20.1. The second-order valence-corrected chi connectivity index (χ2v) is 7.91. The van der Waals surface area contributed by atoms with Crippen molar-refractivity contribution < 1.29 is 13.9 Å². The molecule has 0 amide bonds. The summed E-state index contributed by atoms with van der Waals surface area (Å²) >= 11 is 0. The number of benzene rings is 4. The number of ether oxygens (including phenoxy) is 2. The van der Waals surface area contributed by atoms with Crippen LogP contribution in [0.4, 0.5) is 4.39 Å². The highest BCUT2D eigenvalue weighted by atomic mass is 19.1. The number of methoxy groups -OCH3 is 1. The zero-order valence-electron chi connectivity index (χ0n) is 18.1. The molecule has 0 spiro atoms. The molecule has 0 radical (unpaired) electrons. The molecule has 0 bridgehead atoms. The van der Waals surface area contributed by atoms with Crippen LogP contribution in [0.5, 0.6) is 11.5 Å². The molecule has 4 aromatic carbocycles. The summed E-state index contributed by atoms with van der Waals surface area (Å²) in [6.07, 6.45) is 0. The molecule has 0 saturated carbocycles. The minimum Gasteiger partial charge on any atom is -0.497 e. The van der Waals surface area contributed by atoms with E-state index < -0.39 is 0 Å². The zero-order valence-corrected chi connectivity index (χ0v) is 18.1. The predicted octanol–water partition coefficient (Wildman–Crippen LogP) is 7.16. The van der Waals surface area contributed by atoms with Crippen molar-refractivity contribution in [1.29, 1.82) is 0 Å². The number of aryl methyl sites for hydroxylation is 1. The van der Waals surface area contributed by atoms with Crippen molar-refractivity contribution in [3.05, 3.63) is 119 Å². The summed E-state index contributed by atoms with van der Waals surface area (Å²) in [5.74, 6) is 1.45. The topological polar surface area (TPSA) is 18.5 Å². The third-order valence-electron chi connectivity index (χ3n) is 5.91. The van der Waals surface area contributed by atoms with Gasteiger partial charge in [-0.1, -0.05) is 54.6 Å². The molecule has 0 atom stereocenters. The van der Waals surface area contributed by atoms with Gasteiger partial charge in [0.15, 0.2) is 0 Å². The molecule has 2 nitrogen and oxygen atoms in total. The van der Waals surface area contributed by atoms with E-state index in [0.29, 0.717) is 12.2 Å². The lowest BCUT2D eigenvalue weighted by Gasteiger charge is -2.15. The standard InChI is InChI=1S/C29H23FO2/c1-19-16-23(10-14-27(19)30)29(21-8-12-24(31-2)13-9-21)26-18-32-28-15-11-22(17-25(26)28)20-6-4-3-5-7-20/h3-17H,18H2,1-2H3/b29-26-. The van der Waals surface area contributed by atoms with Crippen molar-refractivity contribution in [3.8, 4) is 22.6 Å². The zero-order chi connectivity index (χ0) is 22.1. The third-order valence-corrected chi connectivity index (χ3v) is 5.91. The van der Waals surface area contributed by atoms with Gasteiger partial charge in [-0.15, -0.1) is 0 Å². The lowest BCUT2D eigenvalue weighted by molar-refractivity contribution is 0.388. The largest absolute Gasteiger partial charge is 0.497 e. The van der Waals surface area contributed by atoms with E-state index in [1.54, 1.807) is 14.0 Å². The van der Waals surface area contributed by atoms with Crippen LogP contribution in [0.15, 0.2) is 91.0 Å². The Morgan fingerprint density at radius 1 is 0.812 bits per heavy atom. The molecule has 0 saturated heterocycles. The van der Waals surface area contributed by atoms with Gasteiger partial charge in [-0.3, -0.25) is 0 Å². The van der Waals surface area contributed by atoms with Crippen LogP contribution in [0.2, 0.25) is 0 Å². The summed E-state index contributed by atoms with van der Waals surface area (Å²) in [4.78, 5) is 0. The average molecular weight is 422 g/mol. The molecule has 3 heteroatoms. The van der Waals surface area contributed by atoms with E-state index in [9.17, 15) is 4.39 Å². The Bertz CT molecular complexity index is 1310. The Kier molecular flexibility index (Phi) is 5.24. The second-order valence-electron chi connectivity index (χ2n) is 7.91. The Balaban J connectivity index is 1.73. The van der Waals surface area contributed by atoms with Gasteiger partial charge in [-0.2, -0.15) is 0 Å². The molecule has 32 heavy (non-hydrogen) atoms. The van der Waals surface area contributed by atoms with E-state index >= 15 is 0 Å². The number of hydrogen-bond acceptors (Lipinski definition) is 2. The Labute approximate surface area is 187 Å². The summed E-state index contributed by atoms with van der Waals surface area (Å²) in [5.41, 5.74) is 8.11. The Morgan fingerprint density at radius 3 is 2.28 bits per heavy atom. The van der Waals surface area contributed by atoms with Gasteiger partial charge in [0, 0.05) is 11.1 Å². The molecule has 0 unspecified atom stereocenters. The lowest BCUT2D eigenvalue weighted by atomic mass is 9.88. The number of fused-ring (bicyclic) bond motifs is 1. The highest BCUT2D eigenvalue weighted by molar-refractivity contribution is 6.02. The van der Waals surface area contributed by atoms with Gasteiger partial charge in [0.05, 0.1) is 7.11 Å². The summed E-state index contributed by atoms with van der Waals surface area (Å²) in [6.45, 7) is 2.26. The monoisotopic (exact) mass is 422 g/mol. The quantitative estimate of drug-likeness (QED) is 0.347. The average Bonchev–Trinajstić information content (AvgIpc) is 3.25. The van der Waals surface area contributed by atoms with Crippen LogP contribution in [-0.4, -0.2) is 13.7 Å². The van der Waals surface area contributed by atoms with E-state index in [1.165, 1.54) is 6.07 Å². The van der Waals surface area contributed by atoms with Crippen LogP contribution in [0.3, 0.4) is 0 Å². The lowest BCUT2D eigenvalue weighted by Crippen LogP contribution is -1.98. The van der Waals surface area contributed by atoms with Gasteiger partial charge in [-0.25, -0.2) is 4.39 Å². The highest BCUT2D eigenvalue weighted by Crippen LogP contribution is 2.42. The van der Waals surface area contributed by atoms with Crippen LogP contribution in [0.1, 0.15) is 22.3 Å². The van der Waals surface area contributed by atoms with Crippen LogP contribution in [0, 0.1) is 12.7 Å². The van der Waals surface area contributed by atoms with Crippen molar-refractivity contribution in [2.24, 2.45) is 0 Å². The minimum atomic E-state index is -0.206. The van der Waals surface area contributed by atoms with Gasteiger partial charge in [0.25, 0.3) is 0 Å². The number of rotatable bonds is 4. The molecular weight excluding hydrogens is 399 g/mol. The van der Waals surface area contributed by atoms with Gasteiger partial charge in [-0.05, 0) is 76.7 Å². The van der Waals surface area contributed by atoms with Crippen molar-refractivity contribution in [1.82, 2.24) is 0 Å². The van der Waals surface area contributed by atoms with E-state index in [-0.39, 0.29) is 5.82 Å². The number of halogens is 1. The van der Waals surface area contributed by atoms with Crippen molar-refractivity contribution in [2.75, 3.05) is 13.7 Å². The fraction of sp³-hybridized carbons (Fsp3) is 0.103. The fourth-order valence-corrected chi connectivity index (χ4v) is 4.21. The smallest absolute Gasteiger partial charge is 0.127 e. The van der Waals surface area contributed by atoms with Gasteiger partial charge in [0.2, 0.25) is 0 Å². The molecule has 1 heterocycles. The molecule has 158 valence electrons. The SMILES string of the molecule is COc1ccc(/C(=C2\COc3ccc(-c4ccccc4)cc32)c2ccc(F)c(C)c2)cc1. The minimum absolute atomic E-state index is 0.206. The fourth-order valence-electron chi connectivity index (χ4n) is 4.21. The molecule has 5 rings (SSSR count). The first-order chi connectivity index (χ1) is 15.6. The van der Waals surface area contributed by atoms with Crippen LogP contribution in [0.25, 0.3) is 22.3 Å². The molecule has 0 fully saturated rings. The van der Waals surface area contributed by atoms with E-state index in [0.717, 1.165) is 50.5 Å². The number of hydrogen-bond donors (Lipinski definition) is 0. The molecular formula is C29H23FO2. The van der Waals surface area contributed by atoms with Gasteiger partial charge in [0.1, 0.15) is 23.9 Å². The molecule has 1 aliphatic heterocycles. The summed E-state index contributed by atoms with van der Waals surface area (Å²) in [6, 6.07) is 29.9. The maximum atomic E-state index is 14.1. The van der Waals surface area contributed by atoms with Gasteiger partial charge >= 0.3 is 0 Å². The normalized spacial score (nSPS) is 14.0. The Hall–Kier alpha value is -3.85. The predicted molar refractivity (Wildman–Crippen MR) is 127 cm³/mol. The van der Waals surface area contributed by atoms with Crippen LogP contribution in [-0.2, 0) is 0 Å². The molecule has 0 aliphatic carbocycles. The molecule has 0 aromatic heterocycles. The highest BCUT2D eigenvalue weighted by Gasteiger charge is 2.24. The summed E-state index contributed by atoms with van der Waals surface area (Å²) in [5, 5.41) is 0. The van der Waals surface area contributed by atoms with Crippen molar-refractivity contribution >= 4 is 11.1 Å². The first-order valence-corrected chi connectivity index (χ1v) is 10.6. The maximum absolute atomic E-state index is 14.1. The van der Waals surface area contributed by atoms with E-state index in [2.05, 4.69) is 24.3 Å². The third kappa shape index (κ3) is 3.67. The second kappa shape index (κ2) is 8.35. The molecule has 0 N–H and O–H groups in total. The first-order valence-electron chi connectivity index (χ1n) is 10.6. The van der Waals surface area contributed by atoms with E-state index in [4.69, 9.17) is 9.47 Å². The van der Waals surface area contributed by atoms with Gasteiger partial charge < -0.3 is 9.47 Å². The van der Waals surface area contributed by atoms with Crippen LogP contribution >= 0.6 is 0 Å².